The molecule has 148 valence electrons. The molecule has 28 heavy (non-hydrogen) atoms. The molecule has 1 aliphatic rings. The predicted octanol–water partition coefficient (Wildman–Crippen LogP) is 2.37. The Kier molecular flexibility index (Phi) is 3.99. The summed E-state index contributed by atoms with van der Waals surface area (Å²) in [5, 5.41) is 2.88. The molecule has 1 fully saturated rings. The van der Waals surface area contributed by atoms with Crippen molar-refractivity contribution in [2.45, 2.75) is 13.0 Å². The topological polar surface area (TPSA) is 88.1 Å². The molecule has 1 saturated heterocycles. The van der Waals surface area contributed by atoms with Crippen molar-refractivity contribution in [2.24, 2.45) is 0 Å². The van der Waals surface area contributed by atoms with Gasteiger partial charge in [0.2, 0.25) is 5.95 Å². The highest BCUT2D eigenvalue weighted by atomic mass is 35.5. The van der Waals surface area contributed by atoms with Gasteiger partial charge in [0.05, 0.1) is 35.1 Å². The number of morpholine rings is 1. The third-order valence-corrected chi connectivity index (χ3v) is 4.74. The first-order chi connectivity index (χ1) is 15.8. The van der Waals surface area contributed by atoms with Crippen LogP contribution in [-0.4, -0.2) is 57.2 Å². The molecule has 0 atom stereocenters. The van der Waals surface area contributed by atoms with E-state index in [9.17, 15) is 4.79 Å². The molecule has 1 aliphatic heterocycles. The van der Waals surface area contributed by atoms with Crippen LogP contribution in [0.1, 0.15) is 13.8 Å². The van der Waals surface area contributed by atoms with E-state index in [0.29, 0.717) is 0 Å². The average molecular weight is 429 g/mol. The van der Waals surface area contributed by atoms with Crippen molar-refractivity contribution in [3.63, 3.8) is 0 Å². The first-order valence-electron chi connectivity index (χ1n) is 11.4. The van der Waals surface area contributed by atoms with Crippen LogP contribution in [0, 0.1) is 0 Å². The minimum absolute atomic E-state index is 0.130. The molecule has 10 heteroatoms. The van der Waals surface area contributed by atoms with Gasteiger partial charge in [-0.1, -0.05) is 29.3 Å². The van der Waals surface area contributed by atoms with Crippen LogP contribution < -0.4 is 10.9 Å². The summed E-state index contributed by atoms with van der Waals surface area (Å²) in [6.07, 6.45) is 1.00. The van der Waals surface area contributed by atoms with Gasteiger partial charge in [-0.05, 0) is 17.7 Å². The first kappa shape index (κ1) is 13.2. The Labute approximate surface area is 179 Å². The monoisotopic (exact) mass is 428 g/mol. The van der Waals surface area contributed by atoms with E-state index in [1.165, 1.54) is 23.1 Å². The van der Waals surface area contributed by atoms with E-state index >= 15 is 0 Å². The Morgan fingerprint density at radius 2 is 2.07 bits per heavy atom. The highest BCUT2D eigenvalue weighted by molar-refractivity contribution is 6.42. The van der Waals surface area contributed by atoms with Gasteiger partial charge in [0, 0.05) is 35.3 Å². The van der Waals surface area contributed by atoms with Crippen LogP contribution in [-0.2, 0) is 17.7 Å². The number of nitrogens with zero attached hydrogens (tertiary/aromatic N) is 4. The number of ether oxygens (including phenoxy) is 1. The summed E-state index contributed by atoms with van der Waals surface area (Å²) < 4.78 is 56.5. The lowest BCUT2D eigenvalue weighted by atomic mass is 10.2. The van der Waals surface area contributed by atoms with Crippen molar-refractivity contribution >= 4 is 40.3 Å². The molecule has 1 aromatic carbocycles. The van der Waals surface area contributed by atoms with Crippen LogP contribution >= 0.6 is 23.2 Å². The van der Waals surface area contributed by atoms with E-state index in [2.05, 4.69) is 20.3 Å². The second-order valence-electron chi connectivity index (χ2n) is 5.90. The molecule has 0 bridgehead atoms. The minimum Gasteiger partial charge on any atom is -0.379 e. The van der Waals surface area contributed by atoms with Crippen LogP contribution in [0.15, 0.2) is 29.3 Å². The Morgan fingerprint density at radius 3 is 2.86 bits per heavy atom. The molecule has 0 saturated carbocycles. The number of hydrogen-bond donors (Lipinski definition) is 2. The molecule has 0 unspecified atom stereocenters. The normalized spacial score (nSPS) is 19.9. The van der Waals surface area contributed by atoms with Crippen LogP contribution in [0.5, 0.6) is 0 Å². The number of rotatable bonds is 6. The number of halogens is 2. The van der Waals surface area contributed by atoms with Crippen molar-refractivity contribution in [1.29, 1.82) is 0 Å². The Balaban J connectivity index is 1.68. The molecule has 4 rings (SSSR count). The molecular weight excluding hydrogens is 403 g/mol. The molecule has 2 aromatic heterocycles. The number of H-pyrrole nitrogens is 1. The van der Waals surface area contributed by atoms with Gasteiger partial charge in [0.15, 0.2) is 11.2 Å². The van der Waals surface area contributed by atoms with Gasteiger partial charge >= 0.3 is 0 Å². The number of imidazole rings is 1. The number of hydrogen-bond acceptors (Lipinski definition) is 6. The lowest BCUT2D eigenvalue weighted by Gasteiger charge is -2.26. The average Bonchev–Trinajstić information content (AvgIpc) is 3.21. The molecule has 8 nitrogen and oxygen atoms in total. The summed E-state index contributed by atoms with van der Waals surface area (Å²) >= 11 is 11.9. The summed E-state index contributed by atoms with van der Waals surface area (Å²) in [5.74, 6) is -0.254. The summed E-state index contributed by atoms with van der Waals surface area (Å²) in [6.45, 7) is -6.48. The number of aromatic amines is 1. The van der Waals surface area contributed by atoms with E-state index in [0.717, 1.165) is 10.9 Å². The minimum atomic E-state index is -2.68. The second kappa shape index (κ2) is 8.48. The quantitative estimate of drug-likeness (QED) is 0.626. The number of benzene rings is 1. The van der Waals surface area contributed by atoms with Gasteiger partial charge in [-0.15, -0.1) is 0 Å². The van der Waals surface area contributed by atoms with Crippen molar-refractivity contribution in [3.8, 4) is 0 Å². The first-order valence-corrected chi connectivity index (χ1v) is 9.14. The number of aromatic nitrogens is 4. The van der Waals surface area contributed by atoms with E-state index in [1.54, 1.807) is 0 Å². The second-order valence-corrected chi connectivity index (χ2v) is 6.72. The summed E-state index contributed by atoms with van der Waals surface area (Å²) in [5.41, 5.74) is -1.16. The lowest BCUT2D eigenvalue weighted by Crippen LogP contribution is -2.38. The predicted molar refractivity (Wildman–Crippen MR) is 109 cm³/mol. The highest BCUT2D eigenvalue weighted by Crippen LogP contribution is 2.22. The fraction of sp³-hybridized carbons (Fsp3) is 0.389. The van der Waals surface area contributed by atoms with Crippen LogP contribution in [0.25, 0.3) is 11.2 Å². The molecule has 0 radical (unpaired) electrons. The van der Waals surface area contributed by atoms with Gasteiger partial charge in [0.25, 0.3) is 5.56 Å². The van der Waals surface area contributed by atoms with Crippen molar-refractivity contribution in [3.05, 3.63) is 50.5 Å². The third-order valence-electron chi connectivity index (χ3n) is 4.00. The van der Waals surface area contributed by atoms with E-state index in [4.69, 9.17) is 36.2 Å². The number of anilines is 1. The van der Waals surface area contributed by atoms with Gasteiger partial charge < -0.3 is 14.6 Å². The van der Waals surface area contributed by atoms with Gasteiger partial charge in [-0.3, -0.25) is 14.7 Å². The Hall–Kier alpha value is -2.13. The zero-order chi connectivity index (χ0) is 24.9. The molecule has 0 aliphatic carbocycles. The highest BCUT2D eigenvalue weighted by Gasteiger charge is 2.14. The van der Waals surface area contributed by atoms with Crippen molar-refractivity contribution in [2.75, 3.05) is 38.1 Å². The zero-order valence-electron chi connectivity index (χ0n) is 20.5. The lowest BCUT2D eigenvalue weighted by molar-refractivity contribution is 0.0365. The van der Waals surface area contributed by atoms with Crippen molar-refractivity contribution < 1.29 is 13.0 Å². The fourth-order valence-corrected chi connectivity index (χ4v) is 2.88. The number of fused-ring (bicyclic) bond motifs is 1. The van der Waals surface area contributed by atoms with E-state index in [-0.39, 0.29) is 59.0 Å². The SMILES string of the molecule is [2H]C([2H])(Nc1nc2ncn(C([2H])([2H])C([2H])([2H])N3CCOCC3)c2c(=O)[nH]1)c1ccc(Cl)c(Cl)c1. The maximum absolute atomic E-state index is 12.9. The number of nitrogens with one attached hydrogen (secondary N) is 2. The summed E-state index contributed by atoms with van der Waals surface area (Å²) in [7, 11) is 0. The molecule has 2 N–H and O–H groups in total. The third kappa shape index (κ3) is 4.30. The van der Waals surface area contributed by atoms with Crippen LogP contribution in [0.4, 0.5) is 5.95 Å². The molecular formula is C18H20Cl2N6O2. The molecule has 3 aromatic rings. The Bertz CT molecular complexity index is 1280. The number of aryl methyl sites for hydroxylation is 1. The van der Waals surface area contributed by atoms with Crippen LogP contribution in [0.3, 0.4) is 0 Å². The summed E-state index contributed by atoms with van der Waals surface area (Å²) in [6, 6.07) is 4.20. The van der Waals surface area contributed by atoms with E-state index < -0.39 is 25.0 Å². The maximum Gasteiger partial charge on any atom is 0.278 e. The standard InChI is InChI=1S/C18H20Cl2N6O2/c19-13-2-1-12(9-14(13)20)10-21-18-23-16-15(17(27)24-18)26(11-22-16)4-3-25-5-7-28-8-6-25/h1-2,9,11H,3-8,10H2,(H2,21,23,24,27)/i3D2,4D2,10D2. The zero-order valence-corrected chi connectivity index (χ0v) is 16.0. The van der Waals surface area contributed by atoms with Crippen molar-refractivity contribution in [1.82, 2.24) is 24.4 Å². The maximum atomic E-state index is 12.9. The largest absolute Gasteiger partial charge is 0.379 e. The van der Waals surface area contributed by atoms with Gasteiger partial charge in [0.1, 0.15) is 0 Å². The van der Waals surface area contributed by atoms with Crippen LogP contribution in [0.2, 0.25) is 10.0 Å². The van der Waals surface area contributed by atoms with E-state index in [1.807, 2.05) is 0 Å². The van der Waals surface area contributed by atoms with Gasteiger partial charge in [-0.2, -0.15) is 4.98 Å². The Morgan fingerprint density at radius 1 is 1.25 bits per heavy atom. The molecule has 3 heterocycles. The smallest absolute Gasteiger partial charge is 0.278 e. The fourth-order valence-electron chi connectivity index (χ4n) is 2.58. The molecule has 0 amide bonds. The summed E-state index contributed by atoms with van der Waals surface area (Å²) in [4.78, 5) is 24.6. The van der Waals surface area contributed by atoms with Gasteiger partial charge in [-0.25, -0.2) is 4.98 Å². The molecule has 0 spiro atoms.